The van der Waals surface area contributed by atoms with Crippen LogP contribution in [0.1, 0.15) is 28.4 Å². The zero-order valence-corrected chi connectivity index (χ0v) is 12.0. The van der Waals surface area contributed by atoms with Crippen molar-refractivity contribution in [2.45, 2.75) is 19.4 Å². The first-order valence-electron chi connectivity index (χ1n) is 6.60. The van der Waals surface area contributed by atoms with E-state index in [2.05, 4.69) is 29.4 Å². The molecule has 3 aromatic rings. The molecule has 0 fully saturated rings. The van der Waals surface area contributed by atoms with Gasteiger partial charge in [-0.15, -0.1) is 16.4 Å². The van der Waals surface area contributed by atoms with Gasteiger partial charge in [-0.1, -0.05) is 30.3 Å². The van der Waals surface area contributed by atoms with Crippen molar-refractivity contribution in [1.29, 1.82) is 0 Å². The fraction of sp³-hybridized carbons (Fsp3) is 0.200. The van der Waals surface area contributed by atoms with Crippen molar-refractivity contribution < 1.29 is 0 Å². The molecule has 0 amide bonds. The molecule has 20 heavy (non-hydrogen) atoms. The molecule has 0 spiro atoms. The van der Waals surface area contributed by atoms with Gasteiger partial charge in [0.25, 0.3) is 0 Å². The second-order valence-electron chi connectivity index (χ2n) is 4.54. The third-order valence-corrected chi connectivity index (χ3v) is 4.55. The quantitative estimate of drug-likeness (QED) is 0.801. The number of thiophene rings is 1. The average Bonchev–Trinajstić information content (AvgIpc) is 3.16. The van der Waals surface area contributed by atoms with Crippen LogP contribution in [0.4, 0.5) is 0 Å². The number of benzene rings is 1. The van der Waals surface area contributed by atoms with Gasteiger partial charge in [-0.2, -0.15) is 0 Å². The van der Waals surface area contributed by atoms with Crippen LogP contribution < -0.4 is 5.73 Å². The third-order valence-electron chi connectivity index (χ3n) is 3.23. The summed E-state index contributed by atoms with van der Waals surface area (Å²) >= 11 is 1.75. The normalized spacial score (nSPS) is 12.5. The van der Waals surface area contributed by atoms with E-state index in [-0.39, 0.29) is 6.04 Å². The zero-order valence-electron chi connectivity index (χ0n) is 11.2. The lowest BCUT2D eigenvalue weighted by atomic mass is 10.2. The van der Waals surface area contributed by atoms with E-state index in [0.29, 0.717) is 0 Å². The molecule has 3 rings (SSSR count). The minimum atomic E-state index is -0.199. The van der Waals surface area contributed by atoms with Gasteiger partial charge in [0.05, 0.1) is 23.6 Å². The fourth-order valence-corrected chi connectivity index (χ4v) is 3.09. The van der Waals surface area contributed by atoms with Crippen LogP contribution in [0.15, 0.2) is 48.7 Å². The Kier molecular flexibility index (Phi) is 3.62. The van der Waals surface area contributed by atoms with E-state index < -0.39 is 0 Å². The maximum Gasteiger partial charge on any atom is 0.0866 e. The van der Waals surface area contributed by atoms with Gasteiger partial charge in [-0.25, -0.2) is 4.68 Å². The minimum absolute atomic E-state index is 0.199. The van der Waals surface area contributed by atoms with Crippen molar-refractivity contribution in [1.82, 2.24) is 15.0 Å². The van der Waals surface area contributed by atoms with Gasteiger partial charge in [-0.3, -0.25) is 0 Å². The molecule has 2 aromatic heterocycles. The van der Waals surface area contributed by atoms with Crippen LogP contribution in [0.25, 0.3) is 5.69 Å². The number of para-hydroxylation sites is 1. The largest absolute Gasteiger partial charge is 0.318 e. The Hall–Kier alpha value is -1.98. The van der Waals surface area contributed by atoms with E-state index in [4.69, 9.17) is 5.73 Å². The molecule has 0 bridgehead atoms. The van der Waals surface area contributed by atoms with E-state index >= 15 is 0 Å². The molecular weight excluding hydrogens is 268 g/mol. The number of hydrogen-bond acceptors (Lipinski definition) is 4. The fourth-order valence-electron chi connectivity index (χ4n) is 2.12. The molecule has 0 aliphatic heterocycles. The predicted octanol–water partition coefficient (Wildman–Crippen LogP) is 2.94. The lowest BCUT2D eigenvalue weighted by molar-refractivity contribution is 0.726. The maximum atomic E-state index is 6.38. The van der Waals surface area contributed by atoms with Crippen molar-refractivity contribution in [2.75, 3.05) is 0 Å². The number of rotatable bonds is 4. The lowest BCUT2D eigenvalue weighted by Gasteiger charge is -2.11. The molecule has 0 radical (unpaired) electrons. The van der Waals surface area contributed by atoms with Crippen LogP contribution in [0, 0.1) is 0 Å². The number of hydrogen-bond donors (Lipinski definition) is 1. The highest BCUT2D eigenvalue weighted by Crippen LogP contribution is 2.27. The van der Waals surface area contributed by atoms with Crippen LogP contribution in [0.5, 0.6) is 0 Å². The van der Waals surface area contributed by atoms with E-state index in [1.165, 1.54) is 4.88 Å². The van der Waals surface area contributed by atoms with Crippen molar-refractivity contribution in [3.8, 4) is 5.69 Å². The first-order chi connectivity index (χ1) is 9.79. The topological polar surface area (TPSA) is 56.7 Å². The Morgan fingerprint density at radius 2 is 2.00 bits per heavy atom. The summed E-state index contributed by atoms with van der Waals surface area (Å²) in [6, 6.07) is 14.0. The average molecular weight is 284 g/mol. The Morgan fingerprint density at radius 3 is 2.70 bits per heavy atom. The van der Waals surface area contributed by atoms with Crippen LogP contribution in [-0.2, 0) is 6.42 Å². The predicted molar refractivity (Wildman–Crippen MR) is 81.1 cm³/mol. The molecule has 0 aliphatic carbocycles. The summed E-state index contributed by atoms with van der Waals surface area (Å²) in [4.78, 5) is 2.48. The molecule has 0 saturated heterocycles. The van der Waals surface area contributed by atoms with Gasteiger partial charge in [0.2, 0.25) is 0 Å². The van der Waals surface area contributed by atoms with E-state index in [1.54, 1.807) is 22.2 Å². The molecule has 0 saturated carbocycles. The summed E-state index contributed by atoms with van der Waals surface area (Å²) in [5.41, 5.74) is 8.25. The summed E-state index contributed by atoms with van der Waals surface area (Å²) in [5, 5.41) is 8.16. The molecule has 0 aliphatic rings. The smallest absolute Gasteiger partial charge is 0.0866 e. The highest BCUT2D eigenvalue weighted by molar-refractivity contribution is 7.12. The van der Waals surface area contributed by atoms with Gasteiger partial charge in [0.15, 0.2) is 0 Å². The standard InChI is InChI=1S/C15H16N4S/c1-2-12-8-9-14(20-12)15(16)13-10-17-18-19(13)11-6-4-3-5-7-11/h3-10,15H,2,16H2,1H3. The molecule has 1 unspecified atom stereocenters. The molecular formula is C15H16N4S. The summed E-state index contributed by atoms with van der Waals surface area (Å²) in [7, 11) is 0. The van der Waals surface area contributed by atoms with Gasteiger partial charge in [0.1, 0.15) is 0 Å². The molecule has 1 atom stereocenters. The summed E-state index contributed by atoms with van der Waals surface area (Å²) < 4.78 is 1.80. The Bertz CT molecular complexity index is 687. The molecule has 2 N–H and O–H groups in total. The molecule has 5 heteroatoms. The second kappa shape index (κ2) is 5.56. The van der Waals surface area contributed by atoms with Crippen LogP contribution >= 0.6 is 11.3 Å². The highest BCUT2D eigenvalue weighted by Gasteiger charge is 2.17. The summed E-state index contributed by atoms with van der Waals surface area (Å²) in [6.45, 7) is 2.15. The van der Waals surface area contributed by atoms with Gasteiger partial charge < -0.3 is 5.73 Å². The molecule has 2 heterocycles. The molecule has 1 aromatic carbocycles. The van der Waals surface area contributed by atoms with Gasteiger partial charge >= 0.3 is 0 Å². The van der Waals surface area contributed by atoms with Gasteiger partial charge in [-0.05, 0) is 30.7 Å². The van der Waals surface area contributed by atoms with Crippen molar-refractivity contribution >= 4 is 11.3 Å². The lowest BCUT2D eigenvalue weighted by Crippen LogP contribution is -2.15. The number of nitrogens with zero attached hydrogens (tertiary/aromatic N) is 3. The minimum Gasteiger partial charge on any atom is -0.318 e. The van der Waals surface area contributed by atoms with Crippen LogP contribution in [0.3, 0.4) is 0 Å². The first kappa shape index (κ1) is 13.0. The monoisotopic (exact) mass is 284 g/mol. The number of nitrogens with two attached hydrogens (primary N) is 1. The maximum absolute atomic E-state index is 6.38. The molecule has 102 valence electrons. The number of aromatic nitrogens is 3. The summed E-state index contributed by atoms with van der Waals surface area (Å²) in [5.74, 6) is 0. The Balaban J connectivity index is 1.97. The van der Waals surface area contributed by atoms with E-state index in [1.807, 2.05) is 30.3 Å². The summed E-state index contributed by atoms with van der Waals surface area (Å²) in [6.07, 6.45) is 2.77. The van der Waals surface area contributed by atoms with Crippen LogP contribution in [0.2, 0.25) is 0 Å². The second-order valence-corrected chi connectivity index (χ2v) is 5.74. The number of aryl methyl sites for hydroxylation is 1. The van der Waals surface area contributed by atoms with Crippen molar-refractivity contribution in [3.63, 3.8) is 0 Å². The first-order valence-corrected chi connectivity index (χ1v) is 7.41. The Labute approximate surface area is 121 Å². The highest BCUT2D eigenvalue weighted by atomic mass is 32.1. The SMILES string of the molecule is CCc1ccc(C(N)c2cnnn2-c2ccccc2)s1. The zero-order chi connectivity index (χ0) is 13.9. The van der Waals surface area contributed by atoms with E-state index in [0.717, 1.165) is 22.7 Å². The van der Waals surface area contributed by atoms with Crippen LogP contribution in [-0.4, -0.2) is 15.0 Å². The van der Waals surface area contributed by atoms with Crippen molar-refractivity contribution in [2.24, 2.45) is 5.73 Å². The molecule has 4 nitrogen and oxygen atoms in total. The van der Waals surface area contributed by atoms with Crippen molar-refractivity contribution in [3.05, 3.63) is 64.1 Å². The third kappa shape index (κ3) is 2.37. The Morgan fingerprint density at radius 1 is 1.20 bits per heavy atom. The van der Waals surface area contributed by atoms with E-state index in [9.17, 15) is 0 Å². The van der Waals surface area contributed by atoms with Gasteiger partial charge in [0, 0.05) is 9.75 Å².